The molecule has 0 aliphatic heterocycles. The second-order valence-corrected chi connectivity index (χ2v) is 15.2. The van der Waals surface area contributed by atoms with E-state index in [1.165, 1.54) is 10.8 Å². The largest absolute Gasteiger partial charge is 0.465 e. The molecule has 0 saturated carbocycles. The molecule has 1 heterocycles. The van der Waals surface area contributed by atoms with Gasteiger partial charge in [-0.3, -0.25) is 14.4 Å². The Balaban J connectivity index is 2.82. The number of esters is 3. The quantitative estimate of drug-likeness (QED) is 0.0702. The lowest BCUT2D eigenvalue weighted by atomic mass is 9.80. The molecule has 0 aliphatic rings. The van der Waals surface area contributed by atoms with Crippen LogP contribution in [0.15, 0.2) is 29.4 Å². The van der Waals surface area contributed by atoms with Crippen LogP contribution in [0.3, 0.4) is 0 Å². The third-order valence-electron chi connectivity index (χ3n) is 5.86. The molecular weight excluding hydrogens is 605 g/mol. The number of aliphatic hydroxyl groups excluding tert-OH is 1. The normalized spacial score (nSPS) is 13.6. The van der Waals surface area contributed by atoms with Crippen LogP contribution in [0.25, 0.3) is 0 Å². The van der Waals surface area contributed by atoms with Crippen LogP contribution in [0.2, 0.25) is 0 Å². The van der Waals surface area contributed by atoms with Gasteiger partial charge in [-0.15, -0.1) is 0 Å². The van der Waals surface area contributed by atoms with Crippen LogP contribution in [-0.2, 0) is 28.6 Å². The summed E-state index contributed by atoms with van der Waals surface area (Å²) in [5.41, 5.74) is 5.50. The number of hydrogen-bond donors (Lipinski definition) is 2. The molecule has 0 aliphatic carbocycles. The average molecular weight is 651 g/mol. The summed E-state index contributed by atoms with van der Waals surface area (Å²) in [4.78, 5) is 43.4. The zero-order chi connectivity index (χ0) is 30.5. The maximum Gasteiger partial charge on any atom is 0.309 e. The number of ether oxygens (including phenoxy) is 3. The average Bonchev–Trinajstić information content (AvgIpc) is 2.94. The molecule has 41 heavy (non-hydrogen) atoms. The lowest BCUT2D eigenvalue weighted by molar-refractivity contribution is -0.156. The highest BCUT2D eigenvalue weighted by Gasteiger charge is 2.35. The van der Waals surface area contributed by atoms with Gasteiger partial charge in [0.2, 0.25) is 0 Å². The van der Waals surface area contributed by atoms with Crippen molar-refractivity contribution in [1.82, 2.24) is 4.98 Å². The van der Waals surface area contributed by atoms with Crippen molar-refractivity contribution < 1.29 is 33.7 Å². The van der Waals surface area contributed by atoms with Crippen LogP contribution in [0.1, 0.15) is 47.0 Å². The first-order chi connectivity index (χ1) is 19.7. The summed E-state index contributed by atoms with van der Waals surface area (Å²) in [5.74, 6) is -0.891. The molecule has 1 rings (SSSR count). The SMILES string of the molecule is CC(C)CC(CC(CC(C(=O)OCCSSc1ccccn1)C(C)C)C(=O)OCCO)C(=O)OCCSSCCN. The number of carbonyl (C=O) groups excluding carboxylic acids is 3. The second kappa shape index (κ2) is 23.3. The Kier molecular flexibility index (Phi) is 21.6. The fraction of sp³-hybridized carbons (Fsp3) is 0.714. The first-order valence-electron chi connectivity index (χ1n) is 13.9. The summed E-state index contributed by atoms with van der Waals surface area (Å²) >= 11 is 0. The minimum absolute atomic E-state index is 0.0928. The number of hydrogen-bond acceptors (Lipinski definition) is 13. The molecule has 0 aromatic carbocycles. The van der Waals surface area contributed by atoms with E-state index in [9.17, 15) is 19.5 Å². The Morgan fingerprint density at radius 2 is 1.44 bits per heavy atom. The fourth-order valence-corrected chi connectivity index (χ4v) is 7.33. The first kappa shape index (κ1) is 37.9. The minimum atomic E-state index is -0.721. The van der Waals surface area contributed by atoms with Crippen molar-refractivity contribution in [3.63, 3.8) is 0 Å². The van der Waals surface area contributed by atoms with E-state index in [1.807, 2.05) is 45.9 Å². The van der Waals surface area contributed by atoms with E-state index in [1.54, 1.807) is 38.6 Å². The first-order valence-corrected chi connectivity index (χ1v) is 18.8. The van der Waals surface area contributed by atoms with E-state index in [0.717, 1.165) is 10.8 Å². The van der Waals surface area contributed by atoms with Crippen molar-refractivity contribution in [3.8, 4) is 0 Å². The highest BCUT2D eigenvalue weighted by molar-refractivity contribution is 8.77. The van der Waals surface area contributed by atoms with E-state index in [0.29, 0.717) is 24.5 Å². The number of carbonyl (C=O) groups is 3. The third-order valence-corrected chi connectivity index (χ3v) is 10.5. The van der Waals surface area contributed by atoms with E-state index >= 15 is 0 Å². The van der Waals surface area contributed by atoms with Crippen molar-refractivity contribution in [2.24, 2.45) is 35.3 Å². The van der Waals surface area contributed by atoms with Gasteiger partial charge in [0, 0.05) is 30.0 Å². The maximum absolute atomic E-state index is 13.1. The van der Waals surface area contributed by atoms with Crippen molar-refractivity contribution in [1.29, 1.82) is 0 Å². The van der Waals surface area contributed by atoms with Gasteiger partial charge in [-0.1, -0.05) is 66.1 Å². The van der Waals surface area contributed by atoms with Crippen molar-refractivity contribution >= 4 is 61.1 Å². The number of rotatable bonds is 23. The molecule has 3 atom stereocenters. The highest BCUT2D eigenvalue weighted by atomic mass is 33.1. The van der Waals surface area contributed by atoms with Gasteiger partial charge in [-0.25, -0.2) is 4.98 Å². The molecule has 13 heteroatoms. The zero-order valence-electron chi connectivity index (χ0n) is 24.5. The van der Waals surface area contributed by atoms with E-state index in [4.69, 9.17) is 19.9 Å². The molecule has 1 aromatic heterocycles. The molecule has 0 spiro atoms. The van der Waals surface area contributed by atoms with E-state index in [2.05, 4.69) is 4.98 Å². The molecule has 9 nitrogen and oxygen atoms in total. The summed E-state index contributed by atoms with van der Waals surface area (Å²) in [6.45, 7) is 8.49. The highest BCUT2D eigenvalue weighted by Crippen LogP contribution is 2.32. The second-order valence-electron chi connectivity index (χ2n) is 10.1. The van der Waals surface area contributed by atoms with Gasteiger partial charge in [0.25, 0.3) is 0 Å². The lowest BCUT2D eigenvalue weighted by Crippen LogP contribution is -2.33. The molecule has 1 aromatic rings. The summed E-state index contributed by atoms with van der Waals surface area (Å²) < 4.78 is 16.4. The van der Waals surface area contributed by atoms with Crippen LogP contribution in [0.5, 0.6) is 0 Å². The number of aliphatic hydroxyl groups is 1. The molecule has 0 amide bonds. The van der Waals surface area contributed by atoms with Crippen LogP contribution in [0, 0.1) is 29.6 Å². The summed E-state index contributed by atoms with van der Waals surface area (Å²) in [7, 11) is 6.30. The topological polar surface area (TPSA) is 138 Å². The molecule has 234 valence electrons. The fourth-order valence-electron chi connectivity index (χ4n) is 3.94. The van der Waals surface area contributed by atoms with Crippen molar-refractivity contribution in [3.05, 3.63) is 24.4 Å². The molecular formula is C28H46N2O7S4. The molecule has 0 saturated heterocycles. The van der Waals surface area contributed by atoms with Gasteiger partial charge in [-0.2, -0.15) is 0 Å². The Labute approximate surface area is 260 Å². The number of nitrogens with two attached hydrogens (primary N) is 1. The molecule has 0 radical (unpaired) electrons. The minimum Gasteiger partial charge on any atom is -0.465 e. The van der Waals surface area contributed by atoms with E-state index in [-0.39, 0.29) is 63.0 Å². The van der Waals surface area contributed by atoms with Crippen molar-refractivity contribution in [2.45, 2.75) is 52.0 Å². The number of nitrogens with zero attached hydrogens (tertiary/aromatic N) is 1. The maximum atomic E-state index is 13.1. The third kappa shape index (κ3) is 17.6. The molecule has 0 fully saturated rings. The summed E-state index contributed by atoms with van der Waals surface area (Å²) in [6.07, 6.45) is 2.65. The van der Waals surface area contributed by atoms with Gasteiger partial charge >= 0.3 is 17.9 Å². The van der Waals surface area contributed by atoms with Crippen LogP contribution >= 0.6 is 43.2 Å². The standard InChI is InChI=1S/C28H46N2O7S4/c1-20(2)17-22(26(32)36-12-15-39-38-14-8-29)18-23(27(33)35-11-10-31)19-24(21(3)4)28(34)37-13-16-40-41-25-7-5-6-9-30-25/h5-7,9,20-24,31H,8,10-19,29H2,1-4H3. The van der Waals surface area contributed by atoms with Crippen LogP contribution < -0.4 is 5.73 Å². The van der Waals surface area contributed by atoms with E-state index < -0.39 is 23.7 Å². The van der Waals surface area contributed by atoms with Gasteiger partial charge in [-0.05, 0) is 54.0 Å². The smallest absolute Gasteiger partial charge is 0.309 e. The van der Waals surface area contributed by atoms with Gasteiger partial charge in [0.15, 0.2) is 0 Å². The van der Waals surface area contributed by atoms with Crippen LogP contribution in [0.4, 0.5) is 0 Å². The summed E-state index contributed by atoms with van der Waals surface area (Å²) in [6, 6.07) is 5.69. The van der Waals surface area contributed by atoms with Gasteiger partial charge in [0.05, 0.1) is 24.4 Å². The Morgan fingerprint density at radius 1 is 0.829 bits per heavy atom. The molecule has 3 unspecified atom stereocenters. The molecule has 3 N–H and O–H groups in total. The lowest BCUT2D eigenvalue weighted by Gasteiger charge is -2.27. The predicted molar refractivity (Wildman–Crippen MR) is 170 cm³/mol. The Bertz CT molecular complexity index is 865. The monoisotopic (exact) mass is 650 g/mol. The summed E-state index contributed by atoms with van der Waals surface area (Å²) in [5, 5.41) is 10.1. The van der Waals surface area contributed by atoms with Crippen LogP contribution in [-0.4, -0.2) is 78.2 Å². The predicted octanol–water partition coefficient (Wildman–Crippen LogP) is 5.11. The Morgan fingerprint density at radius 3 is 2.02 bits per heavy atom. The number of pyridine rings is 1. The Hall–Kier alpha value is -1.12. The zero-order valence-corrected chi connectivity index (χ0v) is 27.8. The van der Waals surface area contributed by atoms with Gasteiger partial charge < -0.3 is 25.1 Å². The number of aromatic nitrogens is 1. The molecule has 0 bridgehead atoms. The van der Waals surface area contributed by atoms with Crippen molar-refractivity contribution in [2.75, 3.05) is 50.2 Å². The van der Waals surface area contributed by atoms with Gasteiger partial charge in [0.1, 0.15) is 24.8 Å².